The second-order valence-corrected chi connectivity index (χ2v) is 6.18. The molecule has 0 aromatic heterocycles. The third kappa shape index (κ3) is 1.74. The predicted molar refractivity (Wildman–Crippen MR) is 61.7 cm³/mol. The van der Waals surface area contributed by atoms with Crippen LogP contribution in [0.5, 0.6) is 0 Å². The first kappa shape index (κ1) is 11.8. The van der Waals surface area contributed by atoms with E-state index < -0.39 is 21.0 Å². The Bertz CT molecular complexity index is 618. The third-order valence-corrected chi connectivity index (χ3v) is 4.90. The molecule has 0 bridgehead atoms. The summed E-state index contributed by atoms with van der Waals surface area (Å²) in [5, 5.41) is 1.39. The van der Waals surface area contributed by atoms with Gasteiger partial charge in [0.1, 0.15) is 5.25 Å². The normalized spacial score (nSPS) is 21.5. The van der Waals surface area contributed by atoms with Gasteiger partial charge in [-0.1, -0.05) is 0 Å². The Morgan fingerprint density at radius 1 is 1.35 bits per heavy atom. The number of benzene rings is 1. The number of hydrogen-bond acceptors (Lipinski definition) is 4. The first-order chi connectivity index (χ1) is 7.84. The zero-order chi connectivity index (χ0) is 12.8. The maximum atomic E-state index is 11.9. The molecule has 17 heavy (non-hydrogen) atoms. The highest BCUT2D eigenvalue weighted by Crippen LogP contribution is 2.31. The molecule has 0 saturated carbocycles. The van der Waals surface area contributed by atoms with Crippen LogP contribution in [-0.2, 0) is 14.6 Å². The van der Waals surface area contributed by atoms with Crippen LogP contribution in [0.4, 0.5) is 5.69 Å². The molecule has 1 aliphatic heterocycles. The molecule has 1 aliphatic rings. The second kappa shape index (κ2) is 3.66. The summed E-state index contributed by atoms with van der Waals surface area (Å²) < 4.78 is 23.9. The van der Waals surface area contributed by atoms with Crippen molar-refractivity contribution in [2.24, 2.45) is 0 Å². The number of Topliss-reactive ketones (excluding diaryl/α,β-unsaturated/α-hetero) is 1. The highest BCUT2D eigenvalue weighted by molar-refractivity contribution is 7.93. The number of anilines is 1. The van der Waals surface area contributed by atoms with E-state index in [9.17, 15) is 18.0 Å². The predicted octanol–water partition coefficient (Wildman–Crippen LogP) is 1.00. The summed E-state index contributed by atoms with van der Waals surface area (Å²) >= 11 is 0. The first-order valence-electron chi connectivity index (χ1n) is 5.04. The van der Waals surface area contributed by atoms with Gasteiger partial charge >= 0.3 is 0 Å². The molecule has 1 aromatic carbocycles. The van der Waals surface area contributed by atoms with Gasteiger partial charge in [0.05, 0.1) is 10.6 Å². The van der Waals surface area contributed by atoms with Gasteiger partial charge in [-0.15, -0.1) is 0 Å². The fourth-order valence-corrected chi connectivity index (χ4v) is 3.06. The molecule has 0 aliphatic carbocycles. The van der Waals surface area contributed by atoms with Gasteiger partial charge in [0.25, 0.3) is 0 Å². The molecule has 90 valence electrons. The van der Waals surface area contributed by atoms with Crippen LogP contribution in [0.1, 0.15) is 24.2 Å². The van der Waals surface area contributed by atoms with Crippen molar-refractivity contribution in [1.82, 2.24) is 0 Å². The molecule has 1 N–H and O–H groups in total. The summed E-state index contributed by atoms with van der Waals surface area (Å²) in [4.78, 5) is 22.7. The SMILES string of the molecule is CC(=O)c1ccc2c(c1)NC(=O)C(C)S2(=O)=O. The smallest absolute Gasteiger partial charge is 0.242 e. The number of carbonyl (C=O) groups is 2. The van der Waals surface area contributed by atoms with Crippen LogP contribution in [0.25, 0.3) is 0 Å². The molecule has 1 amide bonds. The summed E-state index contributed by atoms with van der Waals surface area (Å²) in [6.07, 6.45) is 0. The first-order valence-corrected chi connectivity index (χ1v) is 6.58. The summed E-state index contributed by atoms with van der Waals surface area (Å²) in [6.45, 7) is 2.72. The van der Waals surface area contributed by atoms with E-state index in [4.69, 9.17) is 0 Å². The van der Waals surface area contributed by atoms with Gasteiger partial charge in [0.2, 0.25) is 5.91 Å². The molecule has 0 spiro atoms. The number of sulfone groups is 1. The lowest BCUT2D eigenvalue weighted by Gasteiger charge is -2.22. The molecule has 6 heteroatoms. The summed E-state index contributed by atoms with van der Waals surface area (Å²) in [6, 6.07) is 4.19. The topological polar surface area (TPSA) is 80.3 Å². The van der Waals surface area contributed by atoms with Gasteiger partial charge in [-0.25, -0.2) is 8.42 Å². The van der Waals surface area contributed by atoms with Gasteiger partial charge in [0.15, 0.2) is 15.6 Å². The fraction of sp³-hybridized carbons (Fsp3) is 0.273. The number of amides is 1. The molecule has 5 nitrogen and oxygen atoms in total. The van der Waals surface area contributed by atoms with E-state index in [-0.39, 0.29) is 16.4 Å². The van der Waals surface area contributed by atoms with Crippen molar-refractivity contribution in [3.05, 3.63) is 23.8 Å². The van der Waals surface area contributed by atoms with Gasteiger partial charge in [-0.2, -0.15) is 0 Å². The van der Waals surface area contributed by atoms with Crippen LogP contribution in [0.2, 0.25) is 0 Å². The Morgan fingerprint density at radius 3 is 2.59 bits per heavy atom. The molecule has 1 unspecified atom stereocenters. The van der Waals surface area contributed by atoms with Crippen molar-refractivity contribution < 1.29 is 18.0 Å². The highest BCUT2D eigenvalue weighted by Gasteiger charge is 2.36. The zero-order valence-electron chi connectivity index (χ0n) is 9.35. The molecular weight excluding hydrogens is 242 g/mol. The second-order valence-electron chi connectivity index (χ2n) is 3.94. The molecule has 1 heterocycles. The van der Waals surface area contributed by atoms with Crippen molar-refractivity contribution >= 4 is 27.2 Å². The van der Waals surface area contributed by atoms with E-state index in [1.165, 1.54) is 32.0 Å². The number of fused-ring (bicyclic) bond motifs is 1. The Labute approximate surface area is 98.7 Å². The molecule has 2 rings (SSSR count). The molecular formula is C11H11NO4S. The van der Waals surface area contributed by atoms with Gasteiger partial charge in [-0.05, 0) is 32.0 Å². The minimum absolute atomic E-state index is 0.0644. The van der Waals surface area contributed by atoms with Crippen LogP contribution in [0.15, 0.2) is 23.1 Å². The van der Waals surface area contributed by atoms with Crippen LogP contribution >= 0.6 is 0 Å². The Hall–Kier alpha value is -1.69. The maximum absolute atomic E-state index is 11.9. The average Bonchev–Trinajstić information content (AvgIpc) is 2.25. The third-order valence-electron chi connectivity index (χ3n) is 2.79. The monoisotopic (exact) mass is 253 g/mol. The zero-order valence-corrected chi connectivity index (χ0v) is 10.2. The minimum atomic E-state index is -3.64. The Kier molecular flexibility index (Phi) is 2.54. The van der Waals surface area contributed by atoms with Gasteiger partial charge < -0.3 is 5.32 Å². The number of rotatable bonds is 1. The number of nitrogens with one attached hydrogen (secondary N) is 1. The van der Waals surface area contributed by atoms with E-state index in [0.29, 0.717) is 5.56 Å². The van der Waals surface area contributed by atoms with Crippen molar-refractivity contribution in [2.45, 2.75) is 24.0 Å². The molecule has 0 saturated heterocycles. The molecule has 0 radical (unpaired) electrons. The molecule has 1 atom stereocenters. The van der Waals surface area contributed by atoms with E-state index in [2.05, 4.69) is 5.32 Å². The standard InChI is InChI=1S/C11H11NO4S/c1-6(13)8-3-4-10-9(5-8)12-11(14)7(2)17(10,15)16/h3-5,7H,1-2H3,(H,12,14). The van der Waals surface area contributed by atoms with E-state index in [1.54, 1.807) is 0 Å². The van der Waals surface area contributed by atoms with Gasteiger partial charge in [-0.3, -0.25) is 9.59 Å². The van der Waals surface area contributed by atoms with E-state index in [1.807, 2.05) is 0 Å². The number of ketones is 1. The van der Waals surface area contributed by atoms with Crippen molar-refractivity contribution in [3.8, 4) is 0 Å². The van der Waals surface area contributed by atoms with E-state index in [0.717, 1.165) is 0 Å². The maximum Gasteiger partial charge on any atom is 0.242 e. The fourth-order valence-electron chi connectivity index (χ4n) is 1.66. The van der Waals surface area contributed by atoms with Crippen molar-refractivity contribution in [2.75, 3.05) is 5.32 Å². The summed E-state index contributed by atoms with van der Waals surface area (Å²) in [7, 11) is -3.64. The summed E-state index contributed by atoms with van der Waals surface area (Å²) in [5.41, 5.74) is 0.551. The lowest BCUT2D eigenvalue weighted by molar-refractivity contribution is -0.115. The number of hydrogen-bond donors (Lipinski definition) is 1. The van der Waals surface area contributed by atoms with Crippen molar-refractivity contribution in [1.29, 1.82) is 0 Å². The highest BCUT2D eigenvalue weighted by atomic mass is 32.2. The lowest BCUT2D eigenvalue weighted by Crippen LogP contribution is -2.37. The Balaban J connectivity index is 2.67. The lowest BCUT2D eigenvalue weighted by atomic mass is 10.1. The minimum Gasteiger partial charge on any atom is -0.324 e. The largest absolute Gasteiger partial charge is 0.324 e. The van der Waals surface area contributed by atoms with Gasteiger partial charge in [0, 0.05) is 5.56 Å². The van der Waals surface area contributed by atoms with Crippen molar-refractivity contribution in [3.63, 3.8) is 0 Å². The molecule has 1 aromatic rings. The van der Waals surface area contributed by atoms with Crippen LogP contribution < -0.4 is 5.32 Å². The number of carbonyl (C=O) groups excluding carboxylic acids is 2. The van der Waals surface area contributed by atoms with E-state index >= 15 is 0 Å². The average molecular weight is 253 g/mol. The summed E-state index contributed by atoms with van der Waals surface area (Å²) in [5.74, 6) is -0.753. The van der Waals surface area contributed by atoms with Crippen LogP contribution in [0.3, 0.4) is 0 Å². The Morgan fingerprint density at radius 2 is 2.00 bits per heavy atom. The van der Waals surface area contributed by atoms with Crippen LogP contribution in [-0.4, -0.2) is 25.4 Å². The molecule has 0 fully saturated rings. The quantitative estimate of drug-likeness (QED) is 0.757. The van der Waals surface area contributed by atoms with Crippen LogP contribution in [0, 0.1) is 0 Å².